The zero-order valence-electron chi connectivity index (χ0n) is 23.0. The molecule has 0 unspecified atom stereocenters. The maximum atomic E-state index is 13.7. The normalized spacial score (nSPS) is 15.6. The molecule has 0 spiro atoms. The van der Waals surface area contributed by atoms with Crippen LogP contribution in [0.5, 0.6) is 0 Å². The van der Waals surface area contributed by atoms with E-state index in [1.165, 1.54) is 17.1 Å². The smallest absolute Gasteiger partial charge is 0.407 e. The van der Waals surface area contributed by atoms with Crippen LogP contribution in [0.25, 0.3) is 21.9 Å². The molecule has 3 aromatic heterocycles. The van der Waals surface area contributed by atoms with Crippen LogP contribution in [0.4, 0.5) is 10.7 Å². The zero-order valence-corrected chi connectivity index (χ0v) is 23.0. The van der Waals surface area contributed by atoms with E-state index in [1.807, 2.05) is 43.9 Å². The third-order valence-corrected chi connectivity index (χ3v) is 6.56. The Hall–Kier alpha value is -4.66. The molecule has 1 saturated heterocycles. The number of fused-ring (bicyclic) bond motifs is 2. The Morgan fingerprint density at radius 2 is 2.05 bits per heavy atom. The van der Waals surface area contributed by atoms with Crippen molar-refractivity contribution in [3.05, 3.63) is 58.0 Å². The number of hydrogen-bond acceptors (Lipinski definition) is 8. The summed E-state index contributed by atoms with van der Waals surface area (Å²) in [6.07, 6.45) is 4.12. The van der Waals surface area contributed by atoms with Gasteiger partial charge in [0.25, 0.3) is 5.56 Å². The van der Waals surface area contributed by atoms with E-state index in [0.29, 0.717) is 45.7 Å². The fourth-order valence-corrected chi connectivity index (χ4v) is 4.81. The molecule has 1 N–H and O–H groups in total. The highest BCUT2D eigenvalue weighted by Gasteiger charge is 2.28. The van der Waals surface area contributed by atoms with Gasteiger partial charge in [-0.25, -0.2) is 19.2 Å². The fraction of sp³-hybridized carbons (Fsp3) is 0.429. The highest BCUT2D eigenvalue weighted by Crippen LogP contribution is 2.24. The number of aromatic nitrogens is 6. The number of anilines is 1. The van der Waals surface area contributed by atoms with Crippen molar-refractivity contribution in [3.8, 4) is 11.8 Å². The first-order chi connectivity index (χ1) is 19.1. The highest BCUT2D eigenvalue weighted by molar-refractivity contribution is 5.78. The van der Waals surface area contributed by atoms with Crippen LogP contribution in [-0.4, -0.2) is 55.1 Å². The Labute approximate surface area is 231 Å². The Bertz CT molecular complexity index is 1690. The molecule has 40 heavy (non-hydrogen) atoms. The number of carbonyl (C=O) groups is 1. The minimum absolute atomic E-state index is 0.103. The number of hydrogen-bond donors (Lipinski definition) is 1. The van der Waals surface area contributed by atoms with E-state index in [1.54, 1.807) is 17.6 Å². The molecule has 0 bridgehead atoms. The largest absolute Gasteiger partial charge is 0.711 e. The average molecular weight is 545 g/mol. The predicted molar refractivity (Wildman–Crippen MR) is 150 cm³/mol. The number of nitrogens with one attached hydrogen (secondary N) is 1. The van der Waals surface area contributed by atoms with Crippen molar-refractivity contribution in [3.63, 3.8) is 0 Å². The molecule has 1 fully saturated rings. The number of imidazole rings is 1. The Balaban J connectivity index is 1.47. The van der Waals surface area contributed by atoms with Crippen LogP contribution in [0.2, 0.25) is 0 Å². The van der Waals surface area contributed by atoms with Gasteiger partial charge in [-0.2, -0.15) is 5.10 Å². The molecule has 1 atom stereocenters. The lowest BCUT2D eigenvalue weighted by molar-refractivity contribution is -0.616. The Kier molecular flexibility index (Phi) is 7.30. The van der Waals surface area contributed by atoms with Gasteiger partial charge in [0.1, 0.15) is 22.8 Å². The monoisotopic (exact) mass is 544 g/mol. The van der Waals surface area contributed by atoms with Gasteiger partial charge in [0.05, 0.1) is 18.1 Å². The van der Waals surface area contributed by atoms with Crippen molar-refractivity contribution in [2.75, 3.05) is 18.0 Å². The molecule has 0 saturated carbocycles. The van der Waals surface area contributed by atoms with Crippen LogP contribution in [0.15, 0.2) is 41.5 Å². The Morgan fingerprint density at radius 1 is 1.25 bits per heavy atom. The second-order valence-electron chi connectivity index (χ2n) is 10.7. The summed E-state index contributed by atoms with van der Waals surface area (Å²) >= 11 is 0. The number of alkyl carbamates (subject to hydrolysis) is 1. The van der Waals surface area contributed by atoms with Gasteiger partial charge >= 0.3 is 11.9 Å². The SMILES string of the molecule is CC#CCn1c(N2CCC[C@@H](NC(=O)OC(C)(C)C)C2)nc2cnn(Cc3nc4ccccc4c[n+]3[O-])c(=O)c21. The van der Waals surface area contributed by atoms with Gasteiger partial charge in [-0.15, -0.1) is 5.92 Å². The van der Waals surface area contributed by atoms with Crippen LogP contribution in [0, 0.1) is 17.0 Å². The molecular formula is C28H32N8O4. The van der Waals surface area contributed by atoms with Crippen LogP contribution in [0.3, 0.4) is 0 Å². The molecule has 0 radical (unpaired) electrons. The van der Waals surface area contributed by atoms with Gasteiger partial charge in [-0.1, -0.05) is 18.1 Å². The lowest BCUT2D eigenvalue weighted by Crippen LogP contribution is -2.49. The number of benzene rings is 1. The van der Waals surface area contributed by atoms with E-state index in [2.05, 4.69) is 27.2 Å². The number of para-hydroxylation sites is 1. The molecule has 0 aliphatic carbocycles. The van der Waals surface area contributed by atoms with Gasteiger partial charge in [-0.05, 0) is 57.7 Å². The molecule has 4 heterocycles. The van der Waals surface area contributed by atoms with Gasteiger partial charge < -0.3 is 20.2 Å². The third-order valence-electron chi connectivity index (χ3n) is 6.56. The minimum atomic E-state index is -0.591. The van der Waals surface area contributed by atoms with Gasteiger partial charge in [0.15, 0.2) is 12.1 Å². The molecule has 1 aliphatic rings. The summed E-state index contributed by atoms with van der Waals surface area (Å²) in [6, 6.07) is 7.15. The summed E-state index contributed by atoms with van der Waals surface area (Å²) in [6.45, 7) is 8.56. The number of amides is 1. The topological polar surface area (TPSA) is 134 Å². The summed E-state index contributed by atoms with van der Waals surface area (Å²) in [5.74, 6) is 6.65. The first-order valence-electron chi connectivity index (χ1n) is 13.2. The summed E-state index contributed by atoms with van der Waals surface area (Å²) in [5.41, 5.74) is 0.436. The summed E-state index contributed by atoms with van der Waals surface area (Å²) in [4.78, 5) is 37.3. The molecule has 1 amide bonds. The second kappa shape index (κ2) is 10.8. The summed E-state index contributed by atoms with van der Waals surface area (Å²) in [7, 11) is 0. The number of nitrogens with zero attached hydrogens (tertiary/aromatic N) is 7. The standard InChI is InChI=1S/C28H32N8O4/c1-5-6-14-34-24-22(32-26(34)33-13-9-11-20(17-33)30-27(38)40-28(2,3)4)15-29-35(25(24)37)18-23-31-21-12-8-7-10-19(21)16-36(23)39/h7-8,10,12,15-16,20H,9,11,13-14,17-18H2,1-4H3,(H,30,38)/t20-/m1/s1. The van der Waals surface area contributed by atoms with Crippen molar-refractivity contribution in [1.29, 1.82) is 0 Å². The summed E-state index contributed by atoms with van der Waals surface area (Å²) in [5, 5.41) is 20.6. The first kappa shape index (κ1) is 26.9. The second-order valence-corrected chi connectivity index (χ2v) is 10.7. The summed E-state index contributed by atoms with van der Waals surface area (Å²) < 4.78 is 9.09. The van der Waals surface area contributed by atoms with Crippen molar-refractivity contribution in [2.24, 2.45) is 0 Å². The van der Waals surface area contributed by atoms with Crippen molar-refractivity contribution in [2.45, 2.75) is 65.3 Å². The van der Waals surface area contributed by atoms with Crippen LogP contribution in [0.1, 0.15) is 46.4 Å². The highest BCUT2D eigenvalue weighted by atomic mass is 16.6. The van der Waals surface area contributed by atoms with Crippen LogP contribution in [-0.2, 0) is 17.8 Å². The van der Waals surface area contributed by atoms with Crippen LogP contribution < -0.4 is 20.5 Å². The van der Waals surface area contributed by atoms with Crippen molar-refractivity contribution >= 4 is 34.0 Å². The van der Waals surface area contributed by atoms with Gasteiger partial charge in [-0.3, -0.25) is 9.36 Å². The lowest BCUT2D eigenvalue weighted by Gasteiger charge is -2.34. The fourth-order valence-electron chi connectivity index (χ4n) is 4.81. The maximum Gasteiger partial charge on any atom is 0.407 e. The van der Waals surface area contributed by atoms with E-state index in [9.17, 15) is 14.8 Å². The predicted octanol–water partition coefficient (Wildman–Crippen LogP) is 2.34. The first-order valence-corrected chi connectivity index (χ1v) is 13.2. The molecule has 12 nitrogen and oxygen atoms in total. The van der Waals surface area contributed by atoms with Gasteiger partial charge in [0, 0.05) is 19.1 Å². The van der Waals surface area contributed by atoms with E-state index in [-0.39, 0.29) is 25.0 Å². The molecule has 4 aromatic rings. The van der Waals surface area contributed by atoms with E-state index >= 15 is 0 Å². The lowest BCUT2D eigenvalue weighted by atomic mass is 10.1. The molecule has 1 aromatic carbocycles. The Morgan fingerprint density at radius 3 is 2.83 bits per heavy atom. The maximum absolute atomic E-state index is 13.7. The van der Waals surface area contributed by atoms with E-state index in [0.717, 1.165) is 12.8 Å². The van der Waals surface area contributed by atoms with Gasteiger partial charge in [0.2, 0.25) is 5.95 Å². The molecular weight excluding hydrogens is 512 g/mol. The minimum Gasteiger partial charge on any atom is -0.711 e. The molecule has 1 aliphatic heterocycles. The number of ether oxygens (including phenoxy) is 1. The third kappa shape index (κ3) is 5.68. The quantitative estimate of drug-likeness (QED) is 0.230. The van der Waals surface area contributed by atoms with Crippen LogP contribution >= 0.6 is 0 Å². The molecule has 208 valence electrons. The average Bonchev–Trinajstić information content (AvgIpc) is 3.27. The number of carbonyl (C=O) groups excluding carboxylic acids is 1. The van der Waals surface area contributed by atoms with Crippen molar-refractivity contribution < 1.29 is 14.3 Å². The number of piperidine rings is 1. The zero-order chi connectivity index (χ0) is 28.4. The molecule has 12 heteroatoms. The van der Waals surface area contributed by atoms with Crippen molar-refractivity contribution in [1.82, 2.24) is 29.6 Å². The number of rotatable bonds is 5. The van der Waals surface area contributed by atoms with E-state index < -0.39 is 17.3 Å². The van der Waals surface area contributed by atoms with E-state index in [4.69, 9.17) is 9.72 Å². The molecule has 5 rings (SSSR count).